The van der Waals surface area contributed by atoms with Gasteiger partial charge < -0.3 is 15.8 Å². The number of rotatable bonds is 5. The molecule has 0 saturated heterocycles. The van der Waals surface area contributed by atoms with Crippen molar-refractivity contribution in [2.24, 2.45) is 0 Å². The highest BCUT2D eigenvalue weighted by Crippen LogP contribution is 2.15. The summed E-state index contributed by atoms with van der Waals surface area (Å²) in [4.78, 5) is 14.0. The minimum absolute atomic E-state index is 0.00614. The monoisotopic (exact) mass is 276 g/mol. The van der Waals surface area contributed by atoms with Crippen molar-refractivity contribution in [1.82, 2.24) is 5.32 Å². The molecular formula is C14H16N2O2S. The number of nitrogen functional groups attached to an aromatic ring is 1. The molecule has 1 heterocycles. The average molecular weight is 276 g/mol. The molecule has 2 aromatic rings. The number of carbonyl (C=O) groups excluding carboxylic acids is 1. The summed E-state index contributed by atoms with van der Waals surface area (Å²) in [7, 11) is 0. The van der Waals surface area contributed by atoms with Crippen molar-refractivity contribution in [3.8, 4) is 5.75 Å². The van der Waals surface area contributed by atoms with Crippen LogP contribution in [0.2, 0.25) is 0 Å². The van der Waals surface area contributed by atoms with E-state index in [9.17, 15) is 4.79 Å². The number of aryl methyl sites for hydroxylation is 1. The number of carbonyl (C=O) groups is 1. The summed E-state index contributed by atoms with van der Waals surface area (Å²) in [5, 5.41) is 2.81. The Morgan fingerprint density at radius 2 is 2.21 bits per heavy atom. The number of nitrogens with two attached hydrogens (primary N) is 1. The van der Waals surface area contributed by atoms with Crippen LogP contribution in [0.1, 0.15) is 9.75 Å². The molecule has 1 aromatic carbocycles. The number of anilines is 1. The van der Waals surface area contributed by atoms with Gasteiger partial charge in [0.25, 0.3) is 5.91 Å². The zero-order chi connectivity index (χ0) is 13.7. The summed E-state index contributed by atoms with van der Waals surface area (Å²) < 4.78 is 5.35. The second-order valence-electron chi connectivity index (χ2n) is 4.15. The number of hydrogen-bond donors (Lipinski definition) is 2. The minimum Gasteiger partial charge on any atom is -0.484 e. The van der Waals surface area contributed by atoms with Gasteiger partial charge in [-0.25, -0.2) is 0 Å². The molecule has 1 aromatic heterocycles. The third-order valence-electron chi connectivity index (χ3n) is 2.48. The number of thiophene rings is 1. The fourth-order valence-electron chi connectivity index (χ4n) is 1.57. The van der Waals surface area contributed by atoms with Gasteiger partial charge in [0, 0.05) is 21.5 Å². The first-order chi connectivity index (χ1) is 9.13. The average Bonchev–Trinajstić information content (AvgIpc) is 2.80. The SMILES string of the molecule is Cc1ccc(CNC(=O)COc2cccc(N)c2)s1. The molecule has 0 spiro atoms. The molecule has 1 amide bonds. The molecule has 0 aliphatic carbocycles. The van der Waals surface area contributed by atoms with Crippen LogP contribution >= 0.6 is 11.3 Å². The molecule has 0 fully saturated rings. The summed E-state index contributed by atoms with van der Waals surface area (Å²) in [6.45, 7) is 2.57. The van der Waals surface area contributed by atoms with Crippen LogP contribution in [0.5, 0.6) is 5.75 Å². The van der Waals surface area contributed by atoms with E-state index in [0.29, 0.717) is 18.0 Å². The normalized spacial score (nSPS) is 10.2. The van der Waals surface area contributed by atoms with Gasteiger partial charge >= 0.3 is 0 Å². The number of nitrogens with one attached hydrogen (secondary N) is 1. The van der Waals surface area contributed by atoms with E-state index < -0.39 is 0 Å². The number of hydrogen-bond acceptors (Lipinski definition) is 4. The zero-order valence-corrected chi connectivity index (χ0v) is 11.5. The van der Waals surface area contributed by atoms with Crippen LogP contribution in [0.3, 0.4) is 0 Å². The highest BCUT2D eigenvalue weighted by Gasteiger charge is 2.04. The molecular weight excluding hydrogens is 260 g/mol. The topological polar surface area (TPSA) is 64.3 Å². The van der Waals surface area contributed by atoms with E-state index in [1.54, 1.807) is 35.6 Å². The van der Waals surface area contributed by atoms with Crippen LogP contribution in [0.15, 0.2) is 36.4 Å². The van der Waals surface area contributed by atoms with Crippen LogP contribution in [0.25, 0.3) is 0 Å². The van der Waals surface area contributed by atoms with Gasteiger partial charge in [-0.3, -0.25) is 4.79 Å². The van der Waals surface area contributed by atoms with Gasteiger partial charge in [-0.15, -0.1) is 11.3 Å². The minimum atomic E-state index is -0.145. The Hall–Kier alpha value is -2.01. The molecule has 0 saturated carbocycles. The second-order valence-corrected chi connectivity index (χ2v) is 5.52. The number of benzene rings is 1. The predicted octanol–water partition coefficient (Wildman–Crippen LogP) is 2.33. The van der Waals surface area contributed by atoms with Gasteiger partial charge in [0.05, 0.1) is 6.54 Å². The lowest BCUT2D eigenvalue weighted by atomic mass is 10.3. The van der Waals surface area contributed by atoms with Gasteiger partial charge in [0.1, 0.15) is 5.75 Å². The van der Waals surface area contributed by atoms with E-state index in [1.807, 2.05) is 19.1 Å². The Balaban J connectivity index is 1.75. The predicted molar refractivity (Wildman–Crippen MR) is 77.3 cm³/mol. The third-order valence-corrected chi connectivity index (χ3v) is 3.48. The lowest BCUT2D eigenvalue weighted by molar-refractivity contribution is -0.123. The van der Waals surface area contributed by atoms with E-state index in [0.717, 1.165) is 4.88 Å². The quantitative estimate of drug-likeness (QED) is 0.824. The highest BCUT2D eigenvalue weighted by atomic mass is 32.1. The summed E-state index contributed by atoms with van der Waals surface area (Å²) in [5.41, 5.74) is 6.24. The van der Waals surface area contributed by atoms with Crippen molar-refractivity contribution in [3.05, 3.63) is 46.2 Å². The molecule has 2 rings (SSSR count). The lowest BCUT2D eigenvalue weighted by Crippen LogP contribution is -2.28. The summed E-state index contributed by atoms with van der Waals surface area (Å²) in [6, 6.07) is 11.1. The molecule has 0 unspecified atom stereocenters. The van der Waals surface area contributed by atoms with Crippen molar-refractivity contribution in [2.75, 3.05) is 12.3 Å². The lowest BCUT2D eigenvalue weighted by Gasteiger charge is -2.07. The maximum absolute atomic E-state index is 11.6. The summed E-state index contributed by atoms with van der Waals surface area (Å²) in [5.74, 6) is 0.454. The third kappa shape index (κ3) is 4.30. The van der Waals surface area contributed by atoms with Crippen LogP contribution in [-0.4, -0.2) is 12.5 Å². The molecule has 0 atom stereocenters. The van der Waals surface area contributed by atoms with Crippen molar-refractivity contribution >= 4 is 22.9 Å². The largest absolute Gasteiger partial charge is 0.484 e. The number of ether oxygens (including phenoxy) is 1. The number of amides is 1. The first-order valence-electron chi connectivity index (χ1n) is 5.94. The van der Waals surface area contributed by atoms with E-state index in [-0.39, 0.29) is 12.5 Å². The second kappa shape index (κ2) is 6.24. The van der Waals surface area contributed by atoms with Crippen LogP contribution in [-0.2, 0) is 11.3 Å². The van der Waals surface area contributed by atoms with Gasteiger partial charge in [0.15, 0.2) is 6.61 Å². The molecule has 19 heavy (non-hydrogen) atoms. The molecule has 5 heteroatoms. The van der Waals surface area contributed by atoms with Crippen molar-refractivity contribution < 1.29 is 9.53 Å². The molecule has 0 bridgehead atoms. The molecule has 0 aliphatic rings. The van der Waals surface area contributed by atoms with E-state index in [1.165, 1.54) is 4.88 Å². The van der Waals surface area contributed by atoms with Crippen molar-refractivity contribution in [3.63, 3.8) is 0 Å². The van der Waals surface area contributed by atoms with Gasteiger partial charge in [0.2, 0.25) is 0 Å². The van der Waals surface area contributed by atoms with E-state index in [2.05, 4.69) is 5.32 Å². The molecule has 100 valence electrons. The smallest absolute Gasteiger partial charge is 0.258 e. The van der Waals surface area contributed by atoms with Gasteiger partial charge in [-0.2, -0.15) is 0 Å². The van der Waals surface area contributed by atoms with Gasteiger partial charge in [-0.1, -0.05) is 6.07 Å². The highest BCUT2D eigenvalue weighted by molar-refractivity contribution is 7.11. The fraction of sp³-hybridized carbons (Fsp3) is 0.214. The Morgan fingerprint density at radius 1 is 1.37 bits per heavy atom. The van der Waals surface area contributed by atoms with Gasteiger partial charge in [-0.05, 0) is 31.2 Å². The zero-order valence-electron chi connectivity index (χ0n) is 10.7. The standard InChI is InChI=1S/C14H16N2O2S/c1-10-5-6-13(19-10)8-16-14(17)9-18-12-4-2-3-11(15)7-12/h2-7H,8-9,15H2,1H3,(H,16,17). The first kappa shape index (κ1) is 13.4. The summed E-state index contributed by atoms with van der Waals surface area (Å²) >= 11 is 1.67. The van der Waals surface area contributed by atoms with Crippen LogP contribution in [0.4, 0.5) is 5.69 Å². The van der Waals surface area contributed by atoms with Crippen LogP contribution < -0.4 is 15.8 Å². The van der Waals surface area contributed by atoms with Crippen molar-refractivity contribution in [2.45, 2.75) is 13.5 Å². The molecule has 0 radical (unpaired) electrons. The maximum Gasteiger partial charge on any atom is 0.258 e. The molecule has 3 N–H and O–H groups in total. The Kier molecular flexibility index (Phi) is 4.41. The molecule has 4 nitrogen and oxygen atoms in total. The first-order valence-corrected chi connectivity index (χ1v) is 6.75. The Bertz CT molecular complexity index is 566. The van der Waals surface area contributed by atoms with Crippen molar-refractivity contribution in [1.29, 1.82) is 0 Å². The van der Waals surface area contributed by atoms with Crippen LogP contribution in [0, 0.1) is 6.92 Å². The fourth-order valence-corrected chi connectivity index (χ4v) is 2.40. The Morgan fingerprint density at radius 3 is 2.89 bits per heavy atom. The van der Waals surface area contributed by atoms with E-state index in [4.69, 9.17) is 10.5 Å². The van der Waals surface area contributed by atoms with E-state index >= 15 is 0 Å². The Labute approximate surface area is 116 Å². The summed E-state index contributed by atoms with van der Waals surface area (Å²) in [6.07, 6.45) is 0. The maximum atomic E-state index is 11.6. The molecule has 0 aliphatic heterocycles.